The minimum atomic E-state index is -1.61. The first-order valence-corrected chi connectivity index (χ1v) is 19.3. The van der Waals surface area contributed by atoms with Gasteiger partial charge in [0.25, 0.3) is 0 Å². The van der Waals surface area contributed by atoms with E-state index in [9.17, 15) is 19.5 Å². The Morgan fingerprint density at radius 1 is 0.604 bits per heavy atom. The van der Waals surface area contributed by atoms with Crippen LogP contribution < -0.4 is 5.11 Å². The summed E-state index contributed by atoms with van der Waals surface area (Å²) in [6, 6.07) is 0. The van der Waals surface area contributed by atoms with Crippen molar-refractivity contribution in [2.45, 2.75) is 174 Å². The summed E-state index contributed by atoms with van der Waals surface area (Å²) in [4.78, 5) is 36.7. The minimum Gasteiger partial charge on any atom is -0.545 e. The largest absolute Gasteiger partial charge is 0.545 e. The molecule has 0 spiro atoms. The molecule has 0 bridgehead atoms. The summed E-state index contributed by atoms with van der Waals surface area (Å²) in [6.07, 6.45) is 26.7. The van der Waals surface area contributed by atoms with Crippen LogP contribution >= 0.6 is 0 Å². The molecule has 0 heterocycles. The lowest BCUT2D eigenvalue weighted by Gasteiger charge is -2.26. The number of aliphatic carboxylic acids is 1. The molecule has 9 nitrogen and oxygen atoms in total. The van der Waals surface area contributed by atoms with Crippen LogP contribution in [0.15, 0.2) is 12.2 Å². The summed E-state index contributed by atoms with van der Waals surface area (Å²) >= 11 is 0. The van der Waals surface area contributed by atoms with Gasteiger partial charge in [0.2, 0.25) is 0 Å². The highest BCUT2D eigenvalue weighted by atomic mass is 16.7. The molecule has 2 unspecified atom stereocenters. The number of esters is 2. The number of carboxylic acid groups (broad SMARTS) is 1. The van der Waals surface area contributed by atoms with Crippen LogP contribution in [0.1, 0.15) is 162 Å². The van der Waals surface area contributed by atoms with E-state index in [0.717, 1.165) is 57.8 Å². The molecule has 0 aliphatic carbocycles. The van der Waals surface area contributed by atoms with E-state index in [-0.39, 0.29) is 32.2 Å². The van der Waals surface area contributed by atoms with Gasteiger partial charge in [-0.05, 0) is 38.5 Å². The average Bonchev–Trinajstić information content (AvgIpc) is 3.03. The molecule has 0 radical (unpaired) electrons. The zero-order valence-electron chi connectivity index (χ0n) is 31.6. The van der Waals surface area contributed by atoms with E-state index < -0.39 is 24.3 Å². The molecule has 0 saturated carbocycles. The lowest BCUT2D eigenvalue weighted by molar-refractivity contribution is -0.870. The quantitative estimate of drug-likeness (QED) is 0.0219. The molecule has 0 aliphatic rings. The predicted molar refractivity (Wildman–Crippen MR) is 191 cm³/mol. The van der Waals surface area contributed by atoms with Crippen molar-refractivity contribution in [3.8, 4) is 0 Å². The van der Waals surface area contributed by atoms with Crippen LogP contribution in [0, 0.1) is 0 Å². The Morgan fingerprint density at radius 2 is 1.06 bits per heavy atom. The SMILES string of the molecule is CCCCC/C=C\CCCCCCCC(=O)OC(COC(=O)CCCCCCCCCCCCC)COC(OCC[N+](C)(C)C)C(=O)[O-]. The maximum Gasteiger partial charge on any atom is 0.306 e. The second kappa shape index (κ2) is 32.2. The Kier molecular flexibility index (Phi) is 30.9. The summed E-state index contributed by atoms with van der Waals surface area (Å²) in [5.74, 6) is -2.30. The van der Waals surface area contributed by atoms with E-state index in [2.05, 4.69) is 26.0 Å². The summed E-state index contributed by atoms with van der Waals surface area (Å²) in [5, 5.41) is 11.6. The number of hydrogen-bond donors (Lipinski definition) is 0. The number of quaternary nitrogens is 1. The molecule has 0 rings (SSSR count). The third-order valence-corrected chi connectivity index (χ3v) is 8.26. The molecule has 0 aromatic carbocycles. The number of rotatable bonds is 35. The molecule has 0 aromatic heterocycles. The van der Waals surface area contributed by atoms with E-state index in [4.69, 9.17) is 18.9 Å². The summed E-state index contributed by atoms with van der Waals surface area (Å²) < 4.78 is 22.4. The first-order chi connectivity index (χ1) is 23.1. The van der Waals surface area contributed by atoms with Gasteiger partial charge in [0.1, 0.15) is 13.2 Å². The van der Waals surface area contributed by atoms with Crippen LogP contribution in [0.25, 0.3) is 0 Å². The molecule has 0 saturated heterocycles. The van der Waals surface area contributed by atoms with Crippen LogP contribution in [0.2, 0.25) is 0 Å². The third kappa shape index (κ3) is 32.6. The number of carbonyl (C=O) groups excluding carboxylic acids is 3. The zero-order valence-corrected chi connectivity index (χ0v) is 31.6. The molecule has 2 atom stereocenters. The van der Waals surface area contributed by atoms with E-state index in [1.807, 2.05) is 21.1 Å². The molecule has 48 heavy (non-hydrogen) atoms. The molecule has 0 aliphatic heterocycles. The van der Waals surface area contributed by atoms with Crippen molar-refractivity contribution in [1.82, 2.24) is 0 Å². The van der Waals surface area contributed by atoms with Crippen LogP contribution in [0.3, 0.4) is 0 Å². The molecule has 0 aromatic rings. The summed E-state index contributed by atoms with van der Waals surface area (Å²) in [5.41, 5.74) is 0. The van der Waals surface area contributed by atoms with Crippen molar-refractivity contribution in [3.05, 3.63) is 12.2 Å². The van der Waals surface area contributed by atoms with Crippen LogP contribution in [-0.2, 0) is 33.3 Å². The fourth-order valence-corrected chi connectivity index (χ4v) is 5.17. The number of nitrogens with zero attached hydrogens (tertiary/aromatic N) is 1. The Labute approximate surface area is 294 Å². The Balaban J connectivity index is 4.55. The van der Waals surface area contributed by atoms with Gasteiger partial charge < -0.3 is 33.3 Å². The molecular formula is C39H73NO8. The van der Waals surface area contributed by atoms with Gasteiger partial charge >= 0.3 is 11.9 Å². The first-order valence-electron chi connectivity index (χ1n) is 19.3. The zero-order chi connectivity index (χ0) is 35.7. The molecular weight excluding hydrogens is 610 g/mol. The van der Waals surface area contributed by atoms with Gasteiger partial charge in [-0.1, -0.05) is 122 Å². The highest BCUT2D eigenvalue weighted by Crippen LogP contribution is 2.13. The maximum atomic E-state index is 12.6. The Morgan fingerprint density at radius 3 is 1.58 bits per heavy atom. The van der Waals surface area contributed by atoms with Crippen molar-refractivity contribution in [2.75, 3.05) is 47.5 Å². The second-order valence-electron chi connectivity index (χ2n) is 14.2. The molecule has 9 heteroatoms. The normalized spacial score (nSPS) is 13.1. The van der Waals surface area contributed by atoms with Crippen molar-refractivity contribution in [1.29, 1.82) is 0 Å². The number of carboxylic acids is 1. The van der Waals surface area contributed by atoms with Crippen molar-refractivity contribution in [3.63, 3.8) is 0 Å². The fourth-order valence-electron chi connectivity index (χ4n) is 5.17. The van der Waals surface area contributed by atoms with Gasteiger partial charge in [-0.2, -0.15) is 0 Å². The van der Waals surface area contributed by atoms with Gasteiger partial charge in [-0.3, -0.25) is 9.59 Å². The molecule has 0 N–H and O–H groups in total. The van der Waals surface area contributed by atoms with Crippen LogP contribution in [-0.4, -0.2) is 82.3 Å². The Bertz CT molecular complexity index is 810. The molecule has 0 amide bonds. The summed E-state index contributed by atoms with van der Waals surface area (Å²) in [7, 11) is 5.89. The lowest BCUT2D eigenvalue weighted by Crippen LogP contribution is -2.44. The molecule has 0 fully saturated rings. The van der Waals surface area contributed by atoms with Gasteiger partial charge in [0, 0.05) is 12.8 Å². The number of carbonyl (C=O) groups is 3. The highest BCUT2D eigenvalue weighted by Gasteiger charge is 2.21. The van der Waals surface area contributed by atoms with Gasteiger partial charge in [-0.15, -0.1) is 0 Å². The van der Waals surface area contributed by atoms with Gasteiger partial charge in [0.15, 0.2) is 12.4 Å². The van der Waals surface area contributed by atoms with Gasteiger partial charge in [0.05, 0.1) is 40.3 Å². The number of unbranched alkanes of at least 4 members (excludes halogenated alkanes) is 18. The second-order valence-corrected chi connectivity index (χ2v) is 14.2. The van der Waals surface area contributed by atoms with E-state index in [0.29, 0.717) is 23.9 Å². The van der Waals surface area contributed by atoms with E-state index in [1.54, 1.807) is 0 Å². The highest BCUT2D eigenvalue weighted by molar-refractivity contribution is 5.70. The standard InChI is InChI=1S/C39H73NO8/c1-6-8-10-12-14-16-18-20-22-24-26-28-30-37(42)48-35(34-47-39(38(43)44)45-32-31-40(3,4)5)33-46-36(41)29-27-25-23-21-19-17-15-13-11-9-7-2/h14,16,35,39H,6-13,15,17-34H2,1-5H3/b16-14-. The van der Waals surface area contributed by atoms with E-state index in [1.165, 1.54) is 70.6 Å². The van der Waals surface area contributed by atoms with Crippen LogP contribution in [0.5, 0.6) is 0 Å². The first kappa shape index (κ1) is 46.0. The van der Waals surface area contributed by atoms with Crippen LogP contribution in [0.4, 0.5) is 0 Å². The van der Waals surface area contributed by atoms with Gasteiger partial charge in [-0.25, -0.2) is 0 Å². The monoisotopic (exact) mass is 684 g/mol. The topological polar surface area (TPSA) is 111 Å². The predicted octanol–water partition coefficient (Wildman–Crippen LogP) is 7.83. The third-order valence-electron chi connectivity index (χ3n) is 8.26. The van der Waals surface area contributed by atoms with Crippen molar-refractivity contribution >= 4 is 17.9 Å². The van der Waals surface area contributed by atoms with Crippen molar-refractivity contribution < 1.29 is 42.9 Å². The minimum absolute atomic E-state index is 0.149. The molecule has 282 valence electrons. The number of ether oxygens (including phenoxy) is 4. The number of likely N-dealkylation sites (N-methyl/N-ethyl adjacent to an activating group) is 1. The smallest absolute Gasteiger partial charge is 0.306 e. The fraction of sp³-hybridized carbons (Fsp3) is 0.872. The van der Waals surface area contributed by atoms with Crippen molar-refractivity contribution in [2.24, 2.45) is 0 Å². The number of hydrogen-bond acceptors (Lipinski definition) is 8. The lowest BCUT2D eigenvalue weighted by atomic mass is 10.1. The average molecular weight is 684 g/mol. The summed E-state index contributed by atoms with van der Waals surface area (Å²) in [6.45, 7) is 4.68. The van der Waals surface area contributed by atoms with E-state index >= 15 is 0 Å². The maximum absolute atomic E-state index is 12.6. The number of allylic oxidation sites excluding steroid dienone is 2. The Hall–Kier alpha value is -1.97.